The van der Waals surface area contributed by atoms with Crippen LogP contribution in [0.3, 0.4) is 0 Å². The molecule has 0 aromatic rings. The van der Waals surface area contributed by atoms with Crippen LogP contribution in [-0.2, 0) is 4.79 Å². The van der Waals surface area contributed by atoms with Crippen LogP contribution >= 0.6 is 0 Å². The lowest BCUT2D eigenvalue weighted by atomic mass is 9.75. The Labute approximate surface area is 138 Å². The summed E-state index contributed by atoms with van der Waals surface area (Å²) < 4.78 is 0. The number of nitrogens with zero attached hydrogens (tertiary/aromatic N) is 2. The predicted molar refractivity (Wildman–Crippen MR) is 90.3 cm³/mol. The fourth-order valence-corrected chi connectivity index (χ4v) is 3.00. The number of hydrogen-bond donors (Lipinski definition) is 3. The average molecular weight is 323 g/mol. The van der Waals surface area contributed by atoms with Crippen molar-refractivity contribution in [1.82, 2.24) is 20.9 Å². The van der Waals surface area contributed by atoms with Crippen molar-refractivity contribution in [3.8, 4) is 0 Å². The Kier molecular flexibility index (Phi) is 5.85. The molecule has 0 radical (unpaired) electrons. The standard InChI is InChI=1S/C16H29N5O2/c1-4-17-14(20-12-5-7-16(2,3)8-6-12)18-9-10-21-13(22)11-19-15(21)23/h12H,4-11H2,1-3H3,(H,19,23)(H2,17,18,20). The number of rotatable bonds is 5. The van der Waals surface area contributed by atoms with E-state index in [1.54, 1.807) is 0 Å². The first-order valence-corrected chi connectivity index (χ1v) is 8.54. The van der Waals surface area contributed by atoms with E-state index in [1.165, 1.54) is 17.7 Å². The highest BCUT2D eigenvalue weighted by Gasteiger charge is 2.28. The van der Waals surface area contributed by atoms with E-state index in [-0.39, 0.29) is 18.5 Å². The lowest BCUT2D eigenvalue weighted by molar-refractivity contribution is -0.124. The number of nitrogens with one attached hydrogen (secondary N) is 3. The number of carbonyl (C=O) groups excluding carboxylic acids is 2. The van der Waals surface area contributed by atoms with Gasteiger partial charge in [0.05, 0.1) is 19.6 Å². The van der Waals surface area contributed by atoms with Gasteiger partial charge in [-0.1, -0.05) is 13.8 Å². The van der Waals surface area contributed by atoms with Gasteiger partial charge in [-0.3, -0.25) is 14.7 Å². The van der Waals surface area contributed by atoms with E-state index < -0.39 is 0 Å². The number of imide groups is 1. The van der Waals surface area contributed by atoms with Gasteiger partial charge in [-0.15, -0.1) is 0 Å². The third-order valence-electron chi connectivity index (χ3n) is 4.55. The highest BCUT2D eigenvalue weighted by atomic mass is 16.2. The molecule has 0 spiro atoms. The van der Waals surface area contributed by atoms with Gasteiger partial charge in [0.25, 0.3) is 0 Å². The molecule has 0 aromatic heterocycles. The van der Waals surface area contributed by atoms with Gasteiger partial charge in [-0.25, -0.2) is 4.79 Å². The van der Waals surface area contributed by atoms with Crippen LogP contribution in [0, 0.1) is 5.41 Å². The van der Waals surface area contributed by atoms with Gasteiger partial charge in [0, 0.05) is 12.6 Å². The smallest absolute Gasteiger partial charge is 0.324 e. The van der Waals surface area contributed by atoms with E-state index >= 15 is 0 Å². The Balaban J connectivity index is 1.83. The molecule has 1 aliphatic carbocycles. The number of amides is 3. The van der Waals surface area contributed by atoms with E-state index in [9.17, 15) is 9.59 Å². The minimum Gasteiger partial charge on any atom is -0.357 e. The molecule has 1 saturated heterocycles. The van der Waals surface area contributed by atoms with E-state index in [0.29, 0.717) is 24.5 Å². The van der Waals surface area contributed by atoms with Gasteiger partial charge in [0.1, 0.15) is 0 Å². The van der Waals surface area contributed by atoms with Crippen molar-refractivity contribution in [2.45, 2.75) is 52.5 Å². The Hall–Kier alpha value is -1.79. The fraction of sp³-hybridized carbons (Fsp3) is 0.812. The van der Waals surface area contributed by atoms with Crippen LogP contribution in [0.1, 0.15) is 46.5 Å². The second kappa shape index (κ2) is 7.66. The molecule has 3 N–H and O–H groups in total. The average Bonchev–Trinajstić information content (AvgIpc) is 2.81. The van der Waals surface area contributed by atoms with Crippen LogP contribution in [-0.4, -0.2) is 55.0 Å². The lowest BCUT2D eigenvalue weighted by Crippen LogP contribution is -2.46. The van der Waals surface area contributed by atoms with Crippen LogP contribution in [0.5, 0.6) is 0 Å². The van der Waals surface area contributed by atoms with Gasteiger partial charge in [-0.2, -0.15) is 0 Å². The molecule has 7 heteroatoms. The molecule has 0 unspecified atom stereocenters. The summed E-state index contributed by atoms with van der Waals surface area (Å²) >= 11 is 0. The zero-order chi connectivity index (χ0) is 16.9. The maximum atomic E-state index is 11.5. The zero-order valence-corrected chi connectivity index (χ0v) is 14.4. The minimum absolute atomic E-state index is 0.0960. The largest absolute Gasteiger partial charge is 0.357 e. The molecule has 0 bridgehead atoms. The van der Waals surface area contributed by atoms with Crippen LogP contribution in [0.15, 0.2) is 4.99 Å². The quantitative estimate of drug-likeness (QED) is 0.401. The highest BCUT2D eigenvalue weighted by molar-refractivity contribution is 6.01. The number of hydrogen-bond acceptors (Lipinski definition) is 3. The molecule has 2 aliphatic rings. The van der Waals surface area contributed by atoms with Crippen molar-refractivity contribution >= 4 is 17.9 Å². The molecule has 1 heterocycles. The molecular weight excluding hydrogens is 294 g/mol. The molecule has 0 atom stereocenters. The number of guanidine groups is 1. The van der Waals surface area contributed by atoms with E-state index in [1.807, 2.05) is 6.92 Å². The van der Waals surface area contributed by atoms with Gasteiger partial charge < -0.3 is 16.0 Å². The normalized spacial score (nSPS) is 22.2. The first kappa shape index (κ1) is 17.6. The van der Waals surface area contributed by atoms with Gasteiger partial charge >= 0.3 is 6.03 Å². The maximum absolute atomic E-state index is 11.5. The van der Waals surface area contributed by atoms with E-state index in [2.05, 4.69) is 34.8 Å². The molecule has 0 aromatic carbocycles. The number of aliphatic imine (C=N–C) groups is 1. The van der Waals surface area contributed by atoms with Gasteiger partial charge in [-0.05, 0) is 38.0 Å². The Bertz CT molecular complexity index is 449. The van der Waals surface area contributed by atoms with Crippen LogP contribution in [0.25, 0.3) is 0 Å². The van der Waals surface area contributed by atoms with Crippen molar-refractivity contribution < 1.29 is 9.59 Å². The minimum atomic E-state index is -0.322. The predicted octanol–water partition coefficient (Wildman–Crippen LogP) is 1.06. The second-order valence-corrected chi connectivity index (χ2v) is 7.05. The molecule has 1 saturated carbocycles. The van der Waals surface area contributed by atoms with E-state index in [0.717, 1.165) is 25.3 Å². The summed E-state index contributed by atoms with van der Waals surface area (Å²) in [6, 6.07) is 0.121. The highest BCUT2D eigenvalue weighted by Crippen LogP contribution is 2.34. The van der Waals surface area contributed by atoms with Crippen molar-refractivity contribution in [3.63, 3.8) is 0 Å². The van der Waals surface area contributed by atoms with Crippen LogP contribution < -0.4 is 16.0 Å². The summed E-state index contributed by atoms with van der Waals surface area (Å²) in [5.41, 5.74) is 0.442. The lowest BCUT2D eigenvalue weighted by Gasteiger charge is -2.35. The molecular formula is C16H29N5O2. The summed E-state index contributed by atoms with van der Waals surface area (Å²) in [5, 5.41) is 9.22. The maximum Gasteiger partial charge on any atom is 0.324 e. The Morgan fingerprint density at radius 2 is 2.04 bits per heavy atom. The summed E-state index contributed by atoms with van der Waals surface area (Å²) in [5.74, 6) is 0.585. The summed E-state index contributed by atoms with van der Waals surface area (Å²) in [7, 11) is 0. The molecule has 1 aliphatic heterocycles. The van der Waals surface area contributed by atoms with Crippen molar-refractivity contribution in [3.05, 3.63) is 0 Å². The monoisotopic (exact) mass is 323 g/mol. The molecule has 23 heavy (non-hydrogen) atoms. The zero-order valence-electron chi connectivity index (χ0n) is 14.4. The van der Waals surface area contributed by atoms with Gasteiger partial charge in [0.15, 0.2) is 5.96 Å². The SMILES string of the molecule is CCNC(=NCCN1C(=O)CNC1=O)NC1CCC(C)(C)CC1. The van der Waals surface area contributed by atoms with Gasteiger partial charge in [0.2, 0.25) is 5.91 Å². The molecule has 2 fully saturated rings. The van der Waals surface area contributed by atoms with Crippen LogP contribution in [0.4, 0.5) is 4.79 Å². The second-order valence-electron chi connectivity index (χ2n) is 7.05. The van der Waals surface area contributed by atoms with Crippen molar-refractivity contribution in [2.75, 3.05) is 26.2 Å². The first-order chi connectivity index (χ1) is 10.9. The van der Waals surface area contributed by atoms with Crippen LogP contribution in [0.2, 0.25) is 0 Å². The summed E-state index contributed by atoms with van der Waals surface area (Å²) in [4.78, 5) is 28.7. The van der Waals surface area contributed by atoms with Crippen molar-refractivity contribution in [2.24, 2.45) is 10.4 Å². The number of carbonyl (C=O) groups is 2. The Morgan fingerprint density at radius 1 is 1.35 bits per heavy atom. The first-order valence-electron chi connectivity index (χ1n) is 8.54. The number of urea groups is 1. The third kappa shape index (κ3) is 5.11. The summed E-state index contributed by atoms with van der Waals surface area (Å²) in [6.07, 6.45) is 4.72. The molecule has 2 rings (SSSR count). The Morgan fingerprint density at radius 3 is 2.61 bits per heavy atom. The molecule has 7 nitrogen and oxygen atoms in total. The third-order valence-corrected chi connectivity index (χ3v) is 4.55. The topological polar surface area (TPSA) is 85.8 Å². The fourth-order valence-electron chi connectivity index (χ4n) is 3.00. The molecule has 130 valence electrons. The molecule has 3 amide bonds. The van der Waals surface area contributed by atoms with E-state index in [4.69, 9.17) is 0 Å². The summed E-state index contributed by atoms with van der Waals surface area (Å²) in [6.45, 7) is 8.28. The van der Waals surface area contributed by atoms with Crippen molar-refractivity contribution in [1.29, 1.82) is 0 Å².